The first-order valence-corrected chi connectivity index (χ1v) is 8.70. The normalized spacial score (nSPS) is 14.5. The molecule has 0 aliphatic carbocycles. The lowest BCUT2D eigenvalue weighted by Crippen LogP contribution is -3.10. The molecule has 1 amide bonds. The molecule has 0 saturated carbocycles. The summed E-state index contributed by atoms with van der Waals surface area (Å²) in [6.07, 6.45) is 2.63. The van der Waals surface area contributed by atoms with E-state index in [-0.39, 0.29) is 5.91 Å². The summed E-state index contributed by atoms with van der Waals surface area (Å²) >= 11 is 0. The number of nitrogens with one attached hydrogen (secondary N) is 2. The van der Waals surface area contributed by atoms with E-state index in [2.05, 4.69) is 5.32 Å². The van der Waals surface area contributed by atoms with E-state index < -0.39 is 0 Å². The molecule has 126 valence electrons. The first-order chi connectivity index (χ1) is 11.8. The van der Waals surface area contributed by atoms with Gasteiger partial charge in [-0.2, -0.15) is 0 Å². The summed E-state index contributed by atoms with van der Waals surface area (Å²) in [5.41, 5.74) is 1.76. The van der Waals surface area contributed by atoms with Crippen molar-refractivity contribution in [3.63, 3.8) is 0 Å². The Morgan fingerprint density at radius 2 is 1.71 bits per heavy atom. The van der Waals surface area contributed by atoms with E-state index in [1.165, 1.54) is 25.9 Å². The molecule has 24 heavy (non-hydrogen) atoms. The highest BCUT2D eigenvalue weighted by atomic mass is 16.5. The van der Waals surface area contributed by atoms with E-state index in [0.717, 1.165) is 24.4 Å². The second-order valence-corrected chi connectivity index (χ2v) is 6.26. The highest BCUT2D eigenvalue weighted by molar-refractivity contribution is 5.94. The van der Waals surface area contributed by atoms with Crippen LogP contribution in [0.1, 0.15) is 28.8 Å². The minimum Gasteiger partial charge on any atom is -0.489 e. The Balaban J connectivity index is 1.43. The van der Waals surface area contributed by atoms with E-state index in [1.54, 1.807) is 4.90 Å². The molecule has 0 atom stereocenters. The number of para-hydroxylation sites is 1. The van der Waals surface area contributed by atoms with Crippen molar-refractivity contribution in [2.75, 3.05) is 26.2 Å². The SMILES string of the molecule is O=C(NCC[NH+]1CCCC1)c1ccc(COc2ccccc2)cc1. The number of rotatable bonds is 7. The van der Waals surface area contributed by atoms with Gasteiger partial charge in [0.2, 0.25) is 0 Å². The van der Waals surface area contributed by atoms with Crippen molar-refractivity contribution in [2.45, 2.75) is 19.4 Å². The Hall–Kier alpha value is -2.33. The van der Waals surface area contributed by atoms with Crippen molar-refractivity contribution in [3.05, 3.63) is 65.7 Å². The standard InChI is InChI=1S/C20H24N2O2/c23-20(21-12-15-22-13-4-5-14-22)18-10-8-17(9-11-18)16-24-19-6-2-1-3-7-19/h1-3,6-11H,4-5,12-16H2,(H,21,23)/p+1. The van der Waals surface area contributed by atoms with Crippen molar-refractivity contribution in [1.29, 1.82) is 0 Å². The Morgan fingerprint density at radius 1 is 1.00 bits per heavy atom. The predicted octanol–water partition coefficient (Wildman–Crippen LogP) is 1.67. The predicted molar refractivity (Wildman–Crippen MR) is 94.3 cm³/mol. The van der Waals surface area contributed by atoms with Crippen molar-refractivity contribution >= 4 is 5.91 Å². The average molecular weight is 325 g/mol. The van der Waals surface area contributed by atoms with E-state index in [9.17, 15) is 4.79 Å². The molecule has 2 aromatic carbocycles. The van der Waals surface area contributed by atoms with Crippen LogP contribution < -0.4 is 15.0 Å². The van der Waals surface area contributed by atoms with Crippen LogP contribution >= 0.6 is 0 Å². The van der Waals surface area contributed by atoms with Crippen LogP contribution in [-0.4, -0.2) is 32.1 Å². The fraction of sp³-hybridized carbons (Fsp3) is 0.350. The van der Waals surface area contributed by atoms with E-state index >= 15 is 0 Å². The maximum Gasteiger partial charge on any atom is 0.251 e. The molecule has 4 nitrogen and oxygen atoms in total. The number of hydrogen-bond donors (Lipinski definition) is 2. The number of carbonyl (C=O) groups is 1. The third-order valence-electron chi connectivity index (χ3n) is 4.44. The highest BCUT2D eigenvalue weighted by Gasteiger charge is 2.15. The summed E-state index contributed by atoms with van der Waals surface area (Å²) in [4.78, 5) is 13.8. The monoisotopic (exact) mass is 325 g/mol. The lowest BCUT2D eigenvalue weighted by Gasteiger charge is -2.12. The van der Waals surface area contributed by atoms with Crippen molar-refractivity contribution in [3.8, 4) is 5.75 Å². The third kappa shape index (κ3) is 4.83. The molecule has 0 aromatic heterocycles. The molecule has 3 rings (SSSR count). The smallest absolute Gasteiger partial charge is 0.251 e. The number of likely N-dealkylation sites (tertiary alicyclic amines) is 1. The maximum absolute atomic E-state index is 12.2. The minimum absolute atomic E-state index is 0.00382. The molecule has 2 aromatic rings. The molecular weight excluding hydrogens is 300 g/mol. The Morgan fingerprint density at radius 3 is 2.42 bits per heavy atom. The van der Waals surface area contributed by atoms with Crippen LogP contribution in [0, 0.1) is 0 Å². The Bertz CT molecular complexity index is 634. The Labute approximate surface area is 143 Å². The topological polar surface area (TPSA) is 42.8 Å². The largest absolute Gasteiger partial charge is 0.489 e. The molecule has 1 aliphatic heterocycles. The van der Waals surface area contributed by atoms with Crippen LogP contribution in [-0.2, 0) is 6.61 Å². The van der Waals surface area contributed by atoms with Crippen molar-refractivity contribution in [1.82, 2.24) is 5.32 Å². The van der Waals surface area contributed by atoms with E-state index in [0.29, 0.717) is 12.2 Å². The summed E-state index contributed by atoms with van der Waals surface area (Å²) in [6.45, 7) is 4.75. The number of ether oxygens (including phenoxy) is 1. The summed E-state index contributed by atoms with van der Waals surface area (Å²) in [5.74, 6) is 0.854. The first-order valence-electron chi connectivity index (χ1n) is 8.70. The van der Waals surface area contributed by atoms with Gasteiger partial charge in [0.05, 0.1) is 26.2 Å². The Kier molecular flexibility index (Phi) is 5.85. The van der Waals surface area contributed by atoms with Gasteiger partial charge in [0.15, 0.2) is 0 Å². The van der Waals surface area contributed by atoms with Gasteiger partial charge in [-0.05, 0) is 29.8 Å². The fourth-order valence-corrected chi connectivity index (χ4v) is 3.02. The summed E-state index contributed by atoms with van der Waals surface area (Å²) in [6, 6.07) is 17.4. The van der Waals surface area contributed by atoms with Gasteiger partial charge in [0.1, 0.15) is 12.4 Å². The second kappa shape index (κ2) is 8.50. The summed E-state index contributed by atoms with van der Waals surface area (Å²) in [5, 5.41) is 3.01. The van der Waals surface area contributed by atoms with Crippen LogP contribution in [0.4, 0.5) is 0 Å². The van der Waals surface area contributed by atoms with Gasteiger partial charge in [-0.3, -0.25) is 4.79 Å². The van der Waals surface area contributed by atoms with Gasteiger partial charge in [0, 0.05) is 18.4 Å². The van der Waals surface area contributed by atoms with Gasteiger partial charge in [-0.25, -0.2) is 0 Å². The van der Waals surface area contributed by atoms with Crippen LogP contribution in [0.3, 0.4) is 0 Å². The minimum atomic E-state index is 0.00382. The zero-order chi connectivity index (χ0) is 16.6. The third-order valence-corrected chi connectivity index (χ3v) is 4.44. The van der Waals surface area contributed by atoms with Gasteiger partial charge >= 0.3 is 0 Å². The lowest BCUT2D eigenvalue weighted by atomic mass is 10.1. The molecule has 2 N–H and O–H groups in total. The first kappa shape index (κ1) is 16.5. The quantitative estimate of drug-likeness (QED) is 0.813. The maximum atomic E-state index is 12.2. The number of hydrogen-bond acceptors (Lipinski definition) is 2. The van der Waals surface area contributed by atoms with Gasteiger partial charge in [-0.15, -0.1) is 0 Å². The van der Waals surface area contributed by atoms with Gasteiger partial charge < -0.3 is 15.0 Å². The molecular formula is C20H25N2O2+. The molecule has 0 spiro atoms. The van der Waals surface area contributed by atoms with Gasteiger partial charge in [-0.1, -0.05) is 30.3 Å². The molecule has 4 heteroatoms. The molecule has 1 aliphatic rings. The molecule has 0 bridgehead atoms. The van der Waals surface area contributed by atoms with E-state index in [1.807, 2.05) is 54.6 Å². The van der Waals surface area contributed by atoms with E-state index in [4.69, 9.17) is 4.74 Å². The van der Waals surface area contributed by atoms with Crippen LogP contribution in [0.15, 0.2) is 54.6 Å². The zero-order valence-electron chi connectivity index (χ0n) is 14.0. The number of carbonyl (C=O) groups excluding carboxylic acids is 1. The number of amides is 1. The summed E-state index contributed by atoms with van der Waals surface area (Å²) in [7, 11) is 0. The molecule has 1 fully saturated rings. The zero-order valence-corrected chi connectivity index (χ0v) is 14.0. The van der Waals surface area contributed by atoms with Crippen LogP contribution in [0.5, 0.6) is 5.75 Å². The van der Waals surface area contributed by atoms with Crippen molar-refractivity contribution in [2.24, 2.45) is 0 Å². The molecule has 0 radical (unpaired) electrons. The lowest BCUT2D eigenvalue weighted by molar-refractivity contribution is -0.886. The average Bonchev–Trinajstić information content (AvgIpc) is 3.15. The van der Waals surface area contributed by atoms with Crippen LogP contribution in [0.25, 0.3) is 0 Å². The number of quaternary nitrogens is 1. The highest BCUT2D eigenvalue weighted by Crippen LogP contribution is 2.12. The summed E-state index contributed by atoms with van der Waals surface area (Å²) < 4.78 is 5.71. The fourth-order valence-electron chi connectivity index (χ4n) is 3.02. The molecule has 1 heterocycles. The van der Waals surface area contributed by atoms with Gasteiger partial charge in [0.25, 0.3) is 5.91 Å². The molecule has 1 saturated heterocycles. The second-order valence-electron chi connectivity index (χ2n) is 6.26. The molecule has 0 unspecified atom stereocenters. The van der Waals surface area contributed by atoms with Crippen LogP contribution in [0.2, 0.25) is 0 Å². The number of benzene rings is 2. The van der Waals surface area contributed by atoms with Crippen molar-refractivity contribution < 1.29 is 14.4 Å².